The molecule has 6 heteroatoms. The summed E-state index contributed by atoms with van der Waals surface area (Å²) in [6.07, 6.45) is 2.29. The molecule has 1 unspecified atom stereocenters. The number of hydrogen-bond acceptors (Lipinski definition) is 4. The van der Waals surface area contributed by atoms with Crippen molar-refractivity contribution in [1.29, 1.82) is 0 Å². The highest BCUT2D eigenvalue weighted by molar-refractivity contribution is 9.10. The average Bonchev–Trinajstić information content (AvgIpc) is 2.89. The fourth-order valence-corrected chi connectivity index (χ4v) is 2.69. The van der Waals surface area contributed by atoms with Crippen LogP contribution in [0.3, 0.4) is 0 Å². The molecule has 0 bridgehead atoms. The second-order valence-electron chi connectivity index (χ2n) is 4.56. The number of likely N-dealkylation sites (N-methyl/N-ethyl adjacent to an activating group) is 1. The van der Waals surface area contributed by atoms with Crippen LogP contribution in [0.5, 0.6) is 0 Å². The third kappa shape index (κ3) is 3.45. The first kappa shape index (κ1) is 14.3. The van der Waals surface area contributed by atoms with E-state index in [1.54, 1.807) is 12.1 Å². The van der Waals surface area contributed by atoms with Crippen molar-refractivity contribution in [3.05, 3.63) is 32.8 Å². The van der Waals surface area contributed by atoms with Gasteiger partial charge < -0.3 is 9.64 Å². The zero-order chi connectivity index (χ0) is 13.8. The standard InChI is InChI=1S/C13H17BrN2O3/c1-2-15(9-11-4-3-7-19-11)12-6-5-10(14)8-13(12)16(17)18/h5-6,8,11H,2-4,7,9H2,1H3. The van der Waals surface area contributed by atoms with Crippen LogP contribution < -0.4 is 4.90 Å². The lowest BCUT2D eigenvalue weighted by atomic mass is 10.2. The Balaban J connectivity index is 2.23. The van der Waals surface area contributed by atoms with E-state index in [-0.39, 0.29) is 16.7 Å². The van der Waals surface area contributed by atoms with Gasteiger partial charge in [-0.05, 0) is 31.9 Å². The second kappa shape index (κ2) is 6.34. The van der Waals surface area contributed by atoms with Crippen molar-refractivity contribution in [2.75, 3.05) is 24.6 Å². The van der Waals surface area contributed by atoms with E-state index in [0.717, 1.165) is 30.5 Å². The van der Waals surface area contributed by atoms with Crippen molar-refractivity contribution < 1.29 is 9.66 Å². The van der Waals surface area contributed by atoms with Gasteiger partial charge in [-0.1, -0.05) is 15.9 Å². The summed E-state index contributed by atoms with van der Waals surface area (Å²) in [5.74, 6) is 0. The van der Waals surface area contributed by atoms with E-state index in [9.17, 15) is 10.1 Å². The van der Waals surface area contributed by atoms with Crippen LogP contribution in [0.2, 0.25) is 0 Å². The summed E-state index contributed by atoms with van der Waals surface area (Å²) in [6.45, 7) is 4.23. The Morgan fingerprint density at radius 3 is 2.95 bits per heavy atom. The molecule has 1 heterocycles. The molecule has 0 N–H and O–H groups in total. The molecular weight excluding hydrogens is 312 g/mol. The van der Waals surface area contributed by atoms with Crippen LogP contribution in [0.25, 0.3) is 0 Å². The van der Waals surface area contributed by atoms with Gasteiger partial charge in [0, 0.05) is 30.2 Å². The Labute approximate surface area is 120 Å². The van der Waals surface area contributed by atoms with Crippen molar-refractivity contribution in [3.8, 4) is 0 Å². The van der Waals surface area contributed by atoms with Gasteiger partial charge in [-0.25, -0.2) is 0 Å². The molecule has 0 amide bonds. The molecule has 19 heavy (non-hydrogen) atoms. The number of halogens is 1. The molecule has 5 nitrogen and oxygen atoms in total. The van der Waals surface area contributed by atoms with Crippen molar-refractivity contribution in [1.82, 2.24) is 0 Å². The highest BCUT2D eigenvalue weighted by Gasteiger charge is 2.23. The lowest BCUT2D eigenvalue weighted by Gasteiger charge is -2.25. The van der Waals surface area contributed by atoms with Crippen LogP contribution in [0.4, 0.5) is 11.4 Å². The molecule has 0 aliphatic carbocycles. The minimum absolute atomic E-state index is 0.134. The quantitative estimate of drug-likeness (QED) is 0.614. The first-order valence-electron chi connectivity index (χ1n) is 6.42. The van der Waals surface area contributed by atoms with Crippen LogP contribution in [0.1, 0.15) is 19.8 Å². The van der Waals surface area contributed by atoms with E-state index in [1.807, 2.05) is 17.9 Å². The SMILES string of the molecule is CCN(CC1CCCO1)c1ccc(Br)cc1[N+](=O)[O-]. The third-order valence-electron chi connectivity index (χ3n) is 3.30. The van der Waals surface area contributed by atoms with E-state index in [4.69, 9.17) is 4.74 Å². The highest BCUT2D eigenvalue weighted by atomic mass is 79.9. The van der Waals surface area contributed by atoms with Crippen LogP contribution in [-0.4, -0.2) is 30.7 Å². The molecule has 1 aliphatic heterocycles. The molecule has 1 atom stereocenters. The van der Waals surface area contributed by atoms with E-state index < -0.39 is 0 Å². The molecule has 2 rings (SSSR count). The first-order chi connectivity index (χ1) is 9.11. The third-order valence-corrected chi connectivity index (χ3v) is 3.80. The van der Waals surface area contributed by atoms with Gasteiger partial charge in [-0.2, -0.15) is 0 Å². The molecule has 0 aromatic heterocycles. The van der Waals surface area contributed by atoms with Crippen LogP contribution >= 0.6 is 15.9 Å². The summed E-state index contributed by atoms with van der Waals surface area (Å²) in [4.78, 5) is 12.8. The Morgan fingerprint density at radius 1 is 1.58 bits per heavy atom. The number of nitro benzene ring substituents is 1. The maximum atomic E-state index is 11.2. The van der Waals surface area contributed by atoms with Gasteiger partial charge in [-0.15, -0.1) is 0 Å². The van der Waals surface area contributed by atoms with Crippen LogP contribution in [0.15, 0.2) is 22.7 Å². The van der Waals surface area contributed by atoms with E-state index in [2.05, 4.69) is 15.9 Å². The Hall–Kier alpha value is -1.14. The number of nitro groups is 1. The molecular formula is C13H17BrN2O3. The van der Waals surface area contributed by atoms with Crippen LogP contribution in [-0.2, 0) is 4.74 Å². The first-order valence-corrected chi connectivity index (χ1v) is 7.21. The van der Waals surface area contributed by atoms with E-state index >= 15 is 0 Å². The van der Waals surface area contributed by atoms with Crippen molar-refractivity contribution in [2.24, 2.45) is 0 Å². The molecule has 1 aromatic carbocycles. The molecule has 1 saturated heterocycles. The summed E-state index contributed by atoms with van der Waals surface area (Å²) in [5, 5.41) is 11.2. The summed E-state index contributed by atoms with van der Waals surface area (Å²) in [6, 6.07) is 5.18. The Kier molecular flexibility index (Phi) is 4.76. The minimum Gasteiger partial charge on any atom is -0.376 e. The number of rotatable bonds is 5. The highest BCUT2D eigenvalue weighted by Crippen LogP contribution is 2.31. The van der Waals surface area contributed by atoms with Gasteiger partial charge in [0.25, 0.3) is 5.69 Å². The second-order valence-corrected chi connectivity index (χ2v) is 5.48. The lowest BCUT2D eigenvalue weighted by Crippen LogP contribution is -2.32. The molecule has 0 radical (unpaired) electrons. The van der Waals surface area contributed by atoms with Crippen molar-refractivity contribution in [2.45, 2.75) is 25.9 Å². The van der Waals surface area contributed by atoms with E-state index in [1.165, 1.54) is 0 Å². The maximum Gasteiger partial charge on any atom is 0.293 e. The number of ether oxygens (including phenoxy) is 1. The molecule has 1 aliphatic rings. The predicted molar refractivity (Wildman–Crippen MR) is 77.7 cm³/mol. The number of hydrogen-bond donors (Lipinski definition) is 0. The van der Waals surface area contributed by atoms with Gasteiger partial charge in [-0.3, -0.25) is 10.1 Å². The summed E-state index contributed by atoms with van der Waals surface area (Å²) in [7, 11) is 0. The number of anilines is 1. The van der Waals surface area contributed by atoms with Crippen molar-refractivity contribution >= 4 is 27.3 Å². The van der Waals surface area contributed by atoms with Gasteiger partial charge in [0.15, 0.2) is 0 Å². The van der Waals surface area contributed by atoms with Gasteiger partial charge in [0.2, 0.25) is 0 Å². The van der Waals surface area contributed by atoms with Crippen LogP contribution in [0, 0.1) is 10.1 Å². The zero-order valence-corrected chi connectivity index (χ0v) is 12.4. The fraction of sp³-hybridized carbons (Fsp3) is 0.538. The van der Waals surface area contributed by atoms with E-state index in [0.29, 0.717) is 12.2 Å². The lowest BCUT2D eigenvalue weighted by molar-refractivity contribution is -0.384. The topological polar surface area (TPSA) is 55.6 Å². The molecule has 1 fully saturated rings. The summed E-state index contributed by atoms with van der Waals surface area (Å²) < 4.78 is 6.33. The average molecular weight is 329 g/mol. The van der Waals surface area contributed by atoms with Gasteiger partial charge >= 0.3 is 0 Å². The summed E-state index contributed by atoms with van der Waals surface area (Å²) >= 11 is 3.28. The zero-order valence-electron chi connectivity index (χ0n) is 10.8. The fourth-order valence-electron chi connectivity index (χ4n) is 2.34. The molecule has 0 saturated carbocycles. The molecule has 0 spiro atoms. The van der Waals surface area contributed by atoms with Crippen molar-refractivity contribution in [3.63, 3.8) is 0 Å². The van der Waals surface area contributed by atoms with Gasteiger partial charge in [0.05, 0.1) is 11.0 Å². The number of nitrogens with zero attached hydrogens (tertiary/aromatic N) is 2. The molecule has 1 aromatic rings. The predicted octanol–water partition coefficient (Wildman–Crippen LogP) is 3.36. The Bertz CT molecular complexity index is 461. The maximum absolute atomic E-state index is 11.2. The minimum atomic E-state index is -0.335. The smallest absolute Gasteiger partial charge is 0.293 e. The monoisotopic (exact) mass is 328 g/mol. The molecule has 104 valence electrons. The number of benzene rings is 1. The largest absolute Gasteiger partial charge is 0.376 e. The van der Waals surface area contributed by atoms with Gasteiger partial charge in [0.1, 0.15) is 5.69 Å². The summed E-state index contributed by atoms with van der Waals surface area (Å²) in [5.41, 5.74) is 0.792. The normalized spacial score (nSPS) is 18.5. The Morgan fingerprint density at radius 2 is 2.37 bits per heavy atom.